The van der Waals surface area contributed by atoms with E-state index in [2.05, 4.69) is 5.32 Å². The number of Topliss-reactive ketones (excluding diaryl/α,β-unsaturated/α-hetero) is 1. The van der Waals surface area contributed by atoms with Crippen LogP contribution in [0.1, 0.15) is 11.1 Å². The number of nitrogens with one attached hydrogen (secondary N) is 1. The number of alkyl halides is 3. The van der Waals surface area contributed by atoms with E-state index in [0.717, 1.165) is 24.3 Å². The summed E-state index contributed by atoms with van der Waals surface area (Å²) in [5.74, 6) is -3.00. The van der Waals surface area contributed by atoms with Crippen LogP contribution in [0.4, 0.5) is 18.9 Å². The molecule has 2 aromatic rings. The lowest BCUT2D eigenvalue weighted by Crippen LogP contribution is -2.29. The van der Waals surface area contributed by atoms with Crippen LogP contribution in [0.15, 0.2) is 54.6 Å². The molecule has 1 atom stereocenters. The normalized spacial score (nSPS) is 12.1. The number of carbonyl (C=O) groups is 2. The van der Waals surface area contributed by atoms with E-state index in [0.29, 0.717) is 5.56 Å². The maximum atomic E-state index is 12.5. The molecule has 1 amide bonds. The van der Waals surface area contributed by atoms with Gasteiger partial charge in [0.2, 0.25) is 5.91 Å². The monoisotopic (exact) mass is 346 g/mol. The van der Waals surface area contributed by atoms with E-state index in [1.165, 1.54) is 0 Å². The predicted molar refractivity (Wildman–Crippen MR) is 84.3 cm³/mol. The van der Waals surface area contributed by atoms with Crippen LogP contribution < -0.4 is 5.32 Å². The zero-order valence-corrected chi connectivity index (χ0v) is 12.9. The molecule has 0 aliphatic heterocycles. The summed E-state index contributed by atoms with van der Waals surface area (Å²) in [5, 5.41) is 11.4. The van der Waals surface area contributed by atoms with Crippen molar-refractivity contribution in [1.29, 1.82) is 5.26 Å². The van der Waals surface area contributed by atoms with Crippen molar-refractivity contribution >= 4 is 17.4 Å². The van der Waals surface area contributed by atoms with Gasteiger partial charge in [0.25, 0.3) is 0 Å². The molecule has 0 saturated carbocycles. The highest BCUT2D eigenvalue weighted by molar-refractivity contribution is 6.09. The number of amides is 1. The van der Waals surface area contributed by atoms with Crippen molar-refractivity contribution in [3.8, 4) is 6.07 Å². The molecule has 1 N–H and O–H groups in total. The molecule has 2 rings (SSSR count). The number of hydrogen-bond donors (Lipinski definition) is 1. The number of nitriles is 1. The summed E-state index contributed by atoms with van der Waals surface area (Å²) in [6, 6.07) is 14.0. The Labute approximate surface area is 141 Å². The molecule has 2 aromatic carbocycles. The van der Waals surface area contributed by atoms with Gasteiger partial charge in [-0.2, -0.15) is 18.4 Å². The molecular weight excluding hydrogens is 333 g/mol. The topological polar surface area (TPSA) is 70.0 Å². The number of rotatable bonds is 5. The van der Waals surface area contributed by atoms with Crippen molar-refractivity contribution in [2.45, 2.75) is 12.6 Å². The predicted octanol–water partition coefficient (Wildman–Crippen LogP) is 3.60. The van der Waals surface area contributed by atoms with Gasteiger partial charge in [0.15, 0.2) is 11.7 Å². The highest BCUT2D eigenvalue weighted by atomic mass is 19.4. The maximum Gasteiger partial charge on any atom is 0.416 e. The van der Waals surface area contributed by atoms with E-state index in [1.807, 2.05) is 0 Å². The third-order valence-corrected chi connectivity index (χ3v) is 3.41. The highest BCUT2D eigenvalue weighted by Gasteiger charge is 2.30. The number of anilines is 1. The molecule has 4 nitrogen and oxygen atoms in total. The second-order valence-corrected chi connectivity index (χ2v) is 5.26. The van der Waals surface area contributed by atoms with Gasteiger partial charge in [-0.25, -0.2) is 0 Å². The molecular formula is C18H13F3N2O2. The van der Waals surface area contributed by atoms with Crippen LogP contribution in [0, 0.1) is 17.2 Å². The molecule has 7 heteroatoms. The molecule has 0 fully saturated rings. The lowest BCUT2D eigenvalue weighted by molar-refractivity contribution is -0.137. The summed E-state index contributed by atoms with van der Waals surface area (Å²) in [5.41, 5.74) is -0.122. The van der Waals surface area contributed by atoms with Crippen LogP contribution in [-0.4, -0.2) is 11.7 Å². The SMILES string of the molecule is N#CC(C(=O)Cc1ccccc1)C(=O)Nc1ccc(C(F)(F)F)cc1. The third-order valence-electron chi connectivity index (χ3n) is 3.41. The van der Waals surface area contributed by atoms with Gasteiger partial charge >= 0.3 is 6.18 Å². The minimum Gasteiger partial charge on any atom is -0.325 e. The van der Waals surface area contributed by atoms with Gasteiger partial charge in [0.1, 0.15) is 0 Å². The second kappa shape index (κ2) is 7.62. The average Bonchev–Trinajstić information content (AvgIpc) is 2.56. The zero-order valence-electron chi connectivity index (χ0n) is 12.9. The number of hydrogen-bond acceptors (Lipinski definition) is 3. The summed E-state index contributed by atoms with van der Waals surface area (Å²) in [6.45, 7) is 0. The first kappa shape index (κ1) is 18.2. The van der Waals surface area contributed by atoms with Crippen LogP contribution in [-0.2, 0) is 22.2 Å². The van der Waals surface area contributed by atoms with E-state index >= 15 is 0 Å². The summed E-state index contributed by atoms with van der Waals surface area (Å²) in [4.78, 5) is 24.2. The Kier molecular flexibility index (Phi) is 5.55. The van der Waals surface area contributed by atoms with Crippen molar-refractivity contribution in [3.63, 3.8) is 0 Å². The molecule has 0 radical (unpaired) electrons. The quantitative estimate of drug-likeness (QED) is 0.841. The molecule has 0 bridgehead atoms. The Balaban J connectivity index is 2.05. The molecule has 0 aliphatic rings. The van der Waals surface area contributed by atoms with E-state index in [1.54, 1.807) is 36.4 Å². The van der Waals surface area contributed by atoms with Gasteiger partial charge in [-0.1, -0.05) is 30.3 Å². The summed E-state index contributed by atoms with van der Waals surface area (Å²) >= 11 is 0. The fourth-order valence-corrected chi connectivity index (χ4v) is 2.13. The van der Waals surface area contributed by atoms with Crippen LogP contribution in [0.25, 0.3) is 0 Å². The van der Waals surface area contributed by atoms with Crippen molar-refractivity contribution in [1.82, 2.24) is 0 Å². The fraction of sp³-hybridized carbons (Fsp3) is 0.167. The Hall–Kier alpha value is -3.14. The van der Waals surface area contributed by atoms with Crippen molar-refractivity contribution in [2.24, 2.45) is 5.92 Å². The highest BCUT2D eigenvalue weighted by Crippen LogP contribution is 2.29. The van der Waals surface area contributed by atoms with Gasteiger partial charge in [-0.05, 0) is 29.8 Å². The molecule has 0 aliphatic carbocycles. The minimum atomic E-state index is -4.48. The summed E-state index contributed by atoms with van der Waals surface area (Å²) in [7, 11) is 0. The molecule has 25 heavy (non-hydrogen) atoms. The van der Waals surface area contributed by atoms with E-state index in [-0.39, 0.29) is 12.1 Å². The standard InChI is InChI=1S/C18H13F3N2O2/c19-18(20,21)13-6-8-14(9-7-13)23-17(25)15(11-22)16(24)10-12-4-2-1-3-5-12/h1-9,15H,10H2,(H,23,25). The Morgan fingerprint density at radius 3 is 2.16 bits per heavy atom. The van der Waals surface area contributed by atoms with Gasteiger partial charge in [0.05, 0.1) is 11.6 Å². The third kappa shape index (κ3) is 4.91. The minimum absolute atomic E-state index is 0.0748. The molecule has 128 valence electrons. The van der Waals surface area contributed by atoms with Crippen LogP contribution in [0.5, 0.6) is 0 Å². The second-order valence-electron chi connectivity index (χ2n) is 5.26. The lowest BCUT2D eigenvalue weighted by Gasteiger charge is -2.11. The first-order valence-electron chi connectivity index (χ1n) is 7.25. The molecule has 1 unspecified atom stereocenters. The average molecular weight is 346 g/mol. The zero-order chi connectivity index (χ0) is 18.4. The number of ketones is 1. The van der Waals surface area contributed by atoms with Gasteiger partial charge in [-0.3, -0.25) is 9.59 Å². The Morgan fingerprint density at radius 1 is 1.04 bits per heavy atom. The summed E-state index contributed by atoms with van der Waals surface area (Å²) < 4.78 is 37.5. The molecule has 0 saturated heterocycles. The van der Waals surface area contributed by atoms with Crippen LogP contribution in [0.3, 0.4) is 0 Å². The smallest absolute Gasteiger partial charge is 0.325 e. The maximum absolute atomic E-state index is 12.5. The Bertz CT molecular complexity index is 794. The van der Waals surface area contributed by atoms with Crippen molar-refractivity contribution < 1.29 is 22.8 Å². The molecule has 0 heterocycles. The summed E-state index contributed by atoms with van der Waals surface area (Å²) in [6.07, 6.45) is -4.57. The first-order chi connectivity index (χ1) is 11.8. The van der Waals surface area contributed by atoms with E-state index in [9.17, 15) is 22.8 Å². The first-order valence-corrected chi connectivity index (χ1v) is 7.25. The van der Waals surface area contributed by atoms with Gasteiger partial charge in [-0.15, -0.1) is 0 Å². The van der Waals surface area contributed by atoms with E-state index in [4.69, 9.17) is 5.26 Å². The fourth-order valence-electron chi connectivity index (χ4n) is 2.13. The molecule has 0 aromatic heterocycles. The number of benzene rings is 2. The largest absolute Gasteiger partial charge is 0.416 e. The lowest BCUT2D eigenvalue weighted by atomic mass is 9.98. The van der Waals surface area contributed by atoms with Gasteiger partial charge in [0, 0.05) is 12.1 Å². The number of nitrogens with zero attached hydrogens (tertiary/aromatic N) is 1. The Morgan fingerprint density at radius 2 is 1.64 bits per heavy atom. The number of halogens is 3. The van der Waals surface area contributed by atoms with Crippen LogP contribution >= 0.6 is 0 Å². The number of carbonyl (C=O) groups excluding carboxylic acids is 2. The van der Waals surface area contributed by atoms with Crippen molar-refractivity contribution in [2.75, 3.05) is 5.32 Å². The van der Waals surface area contributed by atoms with Crippen LogP contribution in [0.2, 0.25) is 0 Å². The van der Waals surface area contributed by atoms with Gasteiger partial charge < -0.3 is 5.32 Å². The van der Waals surface area contributed by atoms with E-state index < -0.39 is 29.3 Å². The van der Waals surface area contributed by atoms with Crippen molar-refractivity contribution in [3.05, 3.63) is 65.7 Å². The molecule has 0 spiro atoms.